The van der Waals surface area contributed by atoms with Gasteiger partial charge in [0.05, 0.1) is 4.92 Å². The van der Waals surface area contributed by atoms with Crippen molar-refractivity contribution in [2.45, 2.75) is 5.33 Å². The highest BCUT2D eigenvalue weighted by Crippen LogP contribution is 2.32. The van der Waals surface area contributed by atoms with Crippen LogP contribution in [-0.2, 0) is 5.33 Å². The van der Waals surface area contributed by atoms with Crippen LogP contribution in [0.3, 0.4) is 0 Å². The van der Waals surface area contributed by atoms with Gasteiger partial charge in [-0.3, -0.25) is 10.1 Å². The second kappa shape index (κ2) is 5.94. The molecule has 0 spiro atoms. The maximum atomic E-state index is 10.9. The standard InChI is InChI=1S/C11H7BrClN3O3/c12-4-7-5-14-11(15-6-7)19-10-3-8(13)1-2-9(10)16(17)18/h1-3,5-6H,4H2. The summed E-state index contributed by atoms with van der Waals surface area (Å²) in [6.45, 7) is 0. The van der Waals surface area contributed by atoms with Gasteiger partial charge in [0.25, 0.3) is 0 Å². The first-order valence-electron chi connectivity index (χ1n) is 5.09. The van der Waals surface area contributed by atoms with Crippen LogP contribution in [-0.4, -0.2) is 14.9 Å². The molecular formula is C11H7BrClN3O3. The maximum absolute atomic E-state index is 10.9. The molecule has 8 heteroatoms. The van der Waals surface area contributed by atoms with Gasteiger partial charge < -0.3 is 4.74 Å². The minimum atomic E-state index is -0.557. The molecule has 0 aliphatic carbocycles. The summed E-state index contributed by atoms with van der Waals surface area (Å²) in [6.07, 6.45) is 3.13. The number of nitro benzene ring substituents is 1. The SMILES string of the molecule is O=[N+]([O-])c1ccc(Cl)cc1Oc1ncc(CBr)cn1. The van der Waals surface area contributed by atoms with Crippen LogP contribution >= 0.6 is 27.5 Å². The van der Waals surface area contributed by atoms with Gasteiger partial charge in [0.1, 0.15) is 0 Å². The Labute approximate surface area is 121 Å². The lowest BCUT2D eigenvalue weighted by Gasteiger charge is -2.05. The lowest BCUT2D eigenvalue weighted by atomic mass is 10.3. The predicted octanol–water partition coefficient (Wildman–Crippen LogP) is 3.73. The van der Waals surface area contributed by atoms with E-state index in [-0.39, 0.29) is 17.4 Å². The third-order valence-electron chi connectivity index (χ3n) is 2.16. The van der Waals surface area contributed by atoms with Gasteiger partial charge in [-0.2, -0.15) is 0 Å². The molecule has 0 saturated carbocycles. The molecule has 0 bridgehead atoms. The van der Waals surface area contributed by atoms with Crippen LogP contribution in [0.1, 0.15) is 5.56 Å². The summed E-state index contributed by atoms with van der Waals surface area (Å²) in [5, 5.41) is 11.8. The first-order chi connectivity index (χ1) is 9.10. The molecule has 98 valence electrons. The summed E-state index contributed by atoms with van der Waals surface area (Å²) in [5.41, 5.74) is 0.672. The Hall–Kier alpha value is -1.73. The van der Waals surface area contributed by atoms with E-state index in [2.05, 4.69) is 25.9 Å². The number of benzene rings is 1. The average molecular weight is 345 g/mol. The fourth-order valence-electron chi connectivity index (χ4n) is 1.28. The number of halogens is 2. The van der Waals surface area contributed by atoms with Gasteiger partial charge in [0.2, 0.25) is 5.75 Å². The van der Waals surface area contributed by atoms with Crippen molar-refractivity contribution < 1.29 is 9.66 Å². The van der Waals surface area contributed by atoms with E-state index in [1.807, 2.05) is 0 Å². The molecule has 1 aromatic heterocycles. The molecule has 0 aliphatic heterocycles. The Morgan fingerprint density at radius 3 is 2.63 bits per heavy atom. The average Bonchev–Trinajstić information content (AvgIpc) is 2.39. The van der Waals surface area contributed by atoms with E-state index in [9.17, 15) is 10.1 Å². The van der Waals surface area contributed by atoms with Gasteiger partial charge in [-0.25, -0.2) is 9.97 Å². The maximum Gasteiger partial charge on any atom is 0.322 e. The van der Waals surface area contributed by atoms with Gasteiger partial charge in [-0.1, -0.05) is 27.5 Å². The molecule has 1 heterocycles. The van der Waals surface area contributed by atoms with Crippen molar-refractivity contribution in [3.05, 3.63) is 51.3 Å². The van der Waals surface area contributed by atoms with Crippen LogP contribution < -0.4 is 4.74 Å². The molecule has 1 aromatic carbocycles. The molecule has 0 aliphatic rings. The van der Waals surface area contributed by atoms with Crippen molar-refractivity contribution in [3.8, 4) is 11.8 Å². The van der Waals surface area contributed by atoms with Crippen LogP contribution in [0.25, 0.3) is 0 Å². The Bertz CT molecular complexity index is 607. The van der Waals surface area contributed by atoms with Gasteiger partial charge in [-0.05, 0) is 11.6 Å². The third kappa shape index (κ3) is 3.39. The van der Waals surface area contributed by atoms with E-state index >= 15 is 0 Å². The quantitative estimate of drug-likeness (QED) is 0.480. The summed E-state index contributed by atoms with van der Waals surface area (Å²) in [4.78, 5) is 18.2. The van der Waals surface area contributed by atoms with Crippen molar-refractivity contribution in [2.75, 3.05) is 0 Å². The largest absolute Gasteiger partial charge is 0.417 e. The highest BCUT2D eigenvalue weighted by Gasteiger charge is 2.17. The lowest BCUT2D eigenvalue weighted by Crippen LogP contribution is -1.96. The second-order valence-corrected chi connectivity index (χ2v) is 4.48. The highest BCUT2D eigenvalue weighted by molar-refractivity contribution is 9.08. The van der Waals surface area contributed by atoms with E-state index < -0.39 is 4.92 Å². The minimum Gasteiger partial charge on any atom is -0.417 e. The number of nitro groups is 1. The number of hydrogen-bond donors (Lipinski definition) is 0. The van der Waals surface area contributed by atoms with Gasteiger partial charge in [0, 0.05) is 34.9 Å². The normalized spacial score (nSPS) is 10.2. The minimum absolute atomic E-state index is 0.00379. The van der Waals surface area contributed by atoms with Crippen LogP contribution in [0.5, 0.6) is 11.8 Å². The molecule has 19 heavy (non-hydrogen) atoms. The Balaban J connectivity index is 2.31. The zero-order chi connectivity index (χ0) is 13.8. The summed E-state index contributed by atoms with van der Waals surface area (Å²) >= 11 is 9.05. The fourth-order valence-corrected chi connectivity index (χ4v) is 1.74. The lowest BCUT2D eigenvalue weighted by molar-refractivity contribution is -0.385. The number of nitrogens with zero attached hydrogens (tertiary/aromatic N) is 3. The summed E-state index contributed by atoms with van der Waals surface area (Å²) in [5.74, 6) is 0.00379. The fraction of sp³-hybridized carbons (Fsp3) is 0.0909. The number of rotatable bonds is 4. The predicted molar refractivity (Wildman–Crippen MR) is 72.8 cm³/mol. The summed E-state index contributed by atoms with van der Waals surface area (Å²) < 4.78 is 5.29. The van der Waals surface area contributed by atoms with Crippen molar-refractivity contribution in [1.82, 2.24) is 9.97 Å². The number of alkyl halides is 1. The molecule has 2 aromatic rings. The van der Waals surface area contributed by atoms with Gasteiger partial charge >= 0.3 is 11.7 Å². The third-order valence-corrected chi connectivity index (χ3v) is 3.04. The number of aromatic nitrogens is 2. The Kier molecular flexibility index (Phi) is 4.28. The van der Waals surface area contributed by atoms with Crippen LogP contribution in [0.2, 0.25) is 5.02 Å². The van der Waals surface area contributed by atoms with Crippen LogP contribution in [0, 0.1) is 10.1 Å². The zero-order valence-electron chi connectivity index (χ0n) is 9.42. The van der Waals surface area contributed by atoms with Crippen LogP contribution in [0.4, 0.5) is 5.69 Å². The van der Waals surface area contributed by atoms with E-state index in [0.29, 0.717) is 10.4 Å². The van der Waals surface area contributed by atoms with E-state index in [1.54, 1.807) is 12.4 Å². The van der Waals surface area contributed by atoms with Crippen molar-refractivity contribution in [2.24, 2.45) is 0 Å². The summed E-state index contributed by atoms with van der Waals surface area (Å²) in [6, 6.07) is 4.06. The molecule has 2 rings (SSSR count). The topological polar surface area (TPSA) is 78.2 Å². The molecule has 0 unspecified atom stereocenters. The number of ether oxygens (including phenoxy) is 1. The van der Waals surface area contributed by atoms with Crippen molar-refractivity contribution in [1.29, 1.82) is 0 Å². The monoisotopic (exact) mass is 343 g/mol. The molecule has 0 N–H and O–H groups in total. The van der Waals surface area contributed by atoms with Crippen molar-refractivity contribution >= 4 is 33.2 Å². The molecule has 6 nitrogen and oxygen atoms in total. The highest BCUT2D eigenvalue weighted by atomic mass is 79.9. The zero-order valence-corrected chi connectivity index (χ0v) is 11.8. The van der Waals surface area contributed by atoms with E-state index in [0.717, 1.165) is 5.56 Å². The molecular weight excluding hydrogens is 337 g/mol. The first-order valence-corrected chi connectivity index (χ1v) is 6.59. The van der Waals surface area contributed by atoms with E-state index in [4.69, 9.17) is 16.3 Å². The second-order valence-electron chi connectivity index (χ2n) is 3.48. The summed E-state index contributed by atoms with van der Waals surface area (Å²) in [7, 11) is 0. The molecule has 0 radical (unpaired) electrons. The van der Waals surface area contributed by atoms with E-state index in [1.165, 1.54) is 18.2 Å². The Morgan fingerprint density at radius 2 is 2.05 bits per heavy atom. The first kappa shape index (κ1) is 13.7. The van der Waals surface area contributed by atoms with Crippen molar-refractivity contribution in [3.63, 3.8) is 0 Å². The Morgan fingerprint density at radius 1 is 1.37 bits per heavy atom. The molecule has 0 atom stereocenters. The van der Waals surface area contributed by atoms with Gasteiger partial charge in [0.15, 0.2) is 0 Å². The van der Waals surface area contributed by atoms with Crippen LogP contribution in [0.15, 0.2) is 30.6 Å². The smallest absolute Gasteiger partial charge is 0.322 e. The van der Waals surface area contributed by atoms with Gasteiger partial charge in [-0.15, -0.1) is 0 Å². The number of hydrogen-bond acceptors (Lipinski definition) is 5. The molecule has 0 amide bonds. The molecule has 0 fully saturated rings. The molecule has 0 saturated heterocycles.